The third kappa shape index (κ3) is 4.06. The average molecular weight is 289 g/mol. The number of fused-ring (bicyclic) bond motifs is 1. The van der Waals surface area contributed by atoms with Gasteiger partial charge in [0.05, 0.1) is 12.7 Å². The molecule has 0 aliphatic carbocycles. The number of benzene rings is 1. The van der Waals surface area contributed by atoms with Gasteiger partial charge in [-0.1, -0.05) is 6.07 Å². The molecule has 1 aromatic carbocycles. The van der Waals surface area contributed by atoms with Gasteiger partial charge in [0.2, 0.25) is 0 Å². The van der Waals surface area contributed by atoms with Crippen LogP contribution < -0.4 is 10.1 Å². The lowest BCUT2D eigenvalue weighted by Gasteiger charge is -2.27. The fourth-order valence-electron chi connectivity index (χ4n) is 2.43. The minimum absolute atomic E-state index is 0.425. The summed E-state index contributed by atoms with van der Waals surface area (Å²) in [6, 6.07) is 7.83. The highest BCUT2D eigenvalue weighted by Crippen LogP contribution is 2.26. The van der Waals surface area contributed by atoms with Crippen molar-refractivity contribution in [2.24, 2.45) is 0 Å². The highest BCUT2D eigenvalue weighted by atomic mass is 16.5. The standard InChI is InChI=1S/C16H23N3O2/c1-16(20,11-19(2)3)10-18-15-14-9-13(21-4)6-5-12(14)7-8-17-15/h5-9,20H,10-11H2,1-4H3,(H,17,18). The van der Waals surface area contributed by atoms with Crippen LogP contribution in [0.1, 0.15) is 6.92 Å². The molecule has 1 aromatic heterocycles. The van der Waals surface area contributed by atoms with Crippen molar-refractivity contribution in [3.05, 3.63) is 30.5 Å². The molecule has 5 heteroatoms. The summed E-state index contributed by atoms with van der Waals surface area (Å²) in [5.41, 5.74) is -0.827. The van der Waals surface area contributed by atoms with E-state index >= 15 is 0 Å². The van der Waals surface area contributed by atoms with Gasteiger partial charge in [-0.25, -0.2) is 4.98 Å². The van der Waals surface area contributed by atoms with Crippen molar-refractivity contribution in [1.82, 2.24) is 9.88 Å². The zero-order chi connectivity index (χ0) is 15.5. The summed E-state index contributed by atoms with van der Waals surface area (Å²) in [5.74, 6) is 1.55. The summed E-state index contributed by atoms with van der Waals surface area (Å²) in [5, 5.41) is 15.7. The predicted molar refractivity (Wildman–Crippen MR) is 86.0 cm³/mol. The normalized spacial score (nSPS) is 14.2. The van der Waals surface area contributed by atoms with Crippen LogP contribution >= 0.6 is 0 Å². The molecular formula is C16H23N3O2. The van der Waals surface area contributed by atoms with Crippen LogP contribution in [0, 0.1) is 0 Å². The molecule has 21 heavy (non-hydrogen) atoms. The zero-order valence-corrected chi connectivity index (χ0v) is 13.1. The molecule has 0 fully saturated rings. The van der Waals surface area contributed by atoms with Crippen LogP contribution in [0.3, 0.4) is 0 Å². The van der Waals surface area contributed by atoms with E-state index in [1.807, 2.05) is 50.2 Å². The van der Waals surface area contributed by atoms with Gasteiger partial charge in [-0.2, -0.15) is 0 Å². The number of likely N-dealkylation sites (N-methyl/N-ethyl adjacent to an activating group) is 1. The first kappa shape index (κ1) is 15.5. The third-order valence-electron chi connectivity index (χ3n) is 3.27. The number of hydrogen-bond donors (Lipinski definition) is 2. The van der Waals surface area contributed by atoms with Crippen LogP contribution in [-0.2, 0) is 0 Å². The second-order valence-corrected chi connectivity index (χ2v) is 5.83. The third-order valence-corrected chi connectivity index (χ3v) is 3.27. The lowest BCUT2D eigenvalue weighted by atomic mass is 10.1. The lowest BCUT2D eigenvalue weighted by molar-refractivity contribution is 0.0459. The van der Waals surface area contributed by atoms with Crippen molar-refractivity contribution < 1.29 is 9.84 Å². The minimum Gasteiger partial charge on any atom is -0.497 e. The highest BCUT2D eigenvalue weighted by Gasteiger charge is 2.21. The van der Waals surface area contributed by atoms with Gasteiger partial charge in [0.15, 0.2) is 0 Å². The summed E-state index contributed by atoms with van der Waals surface area (Å²) in [7, 11) is 5.53. The van der Waals surface area contributed by atoms with Gasteiger partial charge in [0, 0.05) is 24.7 Å². The molecule has 0 aliphatic heterocycles. The molecule has 0 saturated heterocycles. The van der Waals surface area contributed by atoms with Crippen molar-refractivity contribution in [2.45, 2.75) is 12.5 Å². The van der Waals surface area contributed by atoms with E-state index in [4.69, 9.17) is 4.74 Å². The van der Waals surface area contributed by atoms with Crippen LogP contribution in [0.5, 0.6) is 5.75 Å². The molecule has 1 heterocycles. The maximum absolute atomic E-state index is 10.4. The molecule has 1 atom stereocenters. The van der Waals surface area contributed by atoms with Gasteiger partial charge in [-0.15, -0.1) is 0 Å². The minimum atomic E-state index is -0.827. The van der Waals surface area contributed by atoms with E-state index in [-0.39, 0.29) is 0 Å². The first-order valence-corrected chi connectivity index (χ1v) is 6.95. The van der Waals surface area contributed by atoms with E-state index in [2.05, 4.69) is 10.3 Å². The van der Waals surface area contributed by atoms with Crippen LogP contribution in [0.15, 0.2) is 30.5 Å². The SMILES string of the molecule is COc1ccc2ccnc(NCC(C)(O)CN(C)C)c2c1. The molecule has 0 saturated carbocycles. The van der Waals surface area contributed by atoms with Gasteiger partial charge < -0.3 is 20.1 Å². The van der Waals surface area contributed by atoms with E-state index in [1.165, 1.54) is 0 Å². The monoisotopic (exact) mass is 289 g/mol. The molecule has 2 aromatic rings. The van der Waals surface area contributed by atoms with Crippen molar-refractivity contribution in [3.8, 4) is 5.75 Å². The lowest BCUT2D eigenvalue weighted by Crippen LogP contribution is -2.43. The Morgan fingerprint density at radius 1 is 1.33 bits per heavy atom. The number of nitrogens with one attached hydrogen (secondary N) is 1. The van der Waals surface area contributed by atoms with Gasteiger partial charge in [0.25, 0.3) is 0 Å². The Kier molecular flexibility index (Phi) is 4.65. The Bertz CT molecular complexity index is 611. The molecule has 5 nitrogen and oxygen atoms in total. The summed E-state index contributed by atoms with van der Waals surface area (Å²) >= 11 is 0. The number of nitrogens with zero attached hydrogens (tertiary/aromatic N) is 2. The maximum Gasteiger partial charge on any atom is 0.134 e. The van der Waals surface area contributed by atoms with Crippen molar-refractivity contribution in [1.29, 1.82) is 0 Å². The van der Waals surface area contributed by atoms with Crippen LogP contribution in [0.2, 0.25) is 0 Å². The summed E-state index contributed by atoms with van der Waals surface area (Å²) < 4.78 is 5.26. The molecule has 114 valence electrons. The number of aliphatic hydroxyl groups is 1. The highest BCUT2D eigenvalue weighted by molar-refractivity contribution is 5.92. The molecule has 0 amide bonds. The first-order valence-electron chi connectivity index (χ1n) is 6.95. The summed E-state index contributed by atoms with van der Waals surface area (Å²) in [6.45, 7) is 2.81. The Labute approximate surface area is 125 Å². The molecule has 0 bridgehead atoms. The van der Waals surface area contributed by atoms with Crippen molar-refractivity contribution in [2.75, 3.05) is 39.6 Å². The number of rotatable bonds is 6. The van der Waals surface area contributed by atoms with Crippen LogP contribution in [-0.4, -0.2) is 54.9 Å². The second-order valence-electron chi connectivity index (χ2n) is 5.83. The summed E-state index contributed by atoms with van der Waals surface area (Å²) in [4.78, 5) is 6.33. The van der Waals surface area contributed by atoms with E-state index < -0.39 is 5.60 Å². The van der Waals surface area contributed by atoms with Crippen LogP contribution in [0.4, 0.5) is 5.82 Å². The van der Waals surface area contributed by atoms with E-state index in [9.17, 15) is 5.11 Å². The number of anilines is 1. The predicted octanol–water partition coefficient (Wildman–Crippen LogP) is 1.97. The summed E-state index contributed by atoms with van der Waals surface area (Å²) in [6.07, 6.45) is 1.76. The Balaban J connectivity index is 2.22. The second kappa shape index (κ2) is 6.28. The smallest absolute Gasteiger partial charge is 0.134 e. The van der Waals surface area contributed by atoms with Gasteiger partial charge in [0.1, 0.15) is 11.6 Å². The topological polar surface area (TPSA) is 57.6 Å². The van der Waals surface area contributed by atoms with Crippen molar-refractivity contribution >= 4 is 16.6 Å². The Morgan fingerprint density at radius 2 is 2.10 bits per heavy atom. The zero-order valence-electron chi connectivity index (χ0n) is 13.1. The fraction of sp³-hybridized carbons (Fsp3) is 0.438. The van der Waals surface area contributed by atoms with Crippen molar-refractivity contribution in [3.63, 3.8) is 0 Å². The number of aromatic nitrogens is 1. The van der Waals surface area contributed by atoms with E-state index in [1.54, 1.807) is 13.3 Å². The Morgan fingerprint density at radius 3 is 2.76 bits per heavy atom. The fourth-order valence-corrected chi connectivity index (χ4v) is 2.43. The molecule has 2 N–H and O–H groups in total. The number of hydrogen-bond acceptors (Lipinski definition) is 5. The molecule has 0 aliphatic rings. The first-order chi connectivity index (χ1) is 9.91. The molecular weight excluding hydrogens is 266 g/mol. The quantitative estimate of drug-likeness (QED) is 0.851. The molecule has 0 spiro atoms. The molecule has 1 unspecified atom stereocenters. The largest absolute Gasteiger partial charge is 0.497 e. The molecule has 0 radical (unpaired) electrons. The van der Waals surface area contributed by atoms with Gasteiger partial charge >= 0.3 is 0 Å². The van der Waals surface area contributed by atoms with E-state index in [0.29, 0.717) is 13.1 Å². The van der Waals surface area contributed by atoms with Crippen LogP contribution in [0.25, 0.3) is 10.8 Å². The number of methoxy groups -OCH3 is 1. The van der Waals surface area contributed by atoms with Gasteiger partial charge in [-0.05, 0) is 44.6 Å². The number of ether oxygens (including phenoxy) is 1. The molecule has 2 rings (SSSR count). The Hall–Kier alpha value is -1.85. The number of pyridine rings is 1. The van der Waals surface area contributed by atoms with Gasteiger partial charge in [-0.3, -0.25) is 0 Å². The van der Waals surface area contributed by atoms with E-state index in [0.717, 1.165) is 22.3 Å². The maximum atomic E-state index is 10.4. The average Bonchev–Trinajstić information content (AvgIpc) is 2.43.